The first-order chi connectivity index (χ1) is 13.2. The van der Waals surface area contributed by atoms with Gasteiger partial charge in [0.15, 0.2) is 5.78 Å². The van der Waals surface area contributed by atoms with Gasteiger partial charge in [0.1, 0.15) is 11.4 Å². The number of hydrogen-bond acceptors (Lipinski definition) is 5. The second-order valence-electron chi connectivity index (χ2n) is 7.17. The number of carbonyl (C=O) groups excluding carboxylic acids is 2. The van der Waals surface area contributed by atoms with E-state index >= 15 is 0 Å². The van der Waals surface area contributed by atoms with Crippen LogP contribution in [0.1, 0.15) is 41.0 Å². The number of ketones is 1. The molecule has 0 aromatic carbocycles. The maximum Gasteiger partial charge on any atom is 0.331 e. The van der Waals surface area contributed by atoms with Gasteiger partial charge in [0, 0.05) is 17.2 Å². The first-order valence-electron chi connectivity index (χ1n) is 9.52. The third-order valence-corrected chi connectivity index (χ3v) is 4.75. The largest absolute Gasteiger partial charge is 0.464 e. The molecule has 1 unspecified atom stereocenters. The van der Waals surface area contributed by atoms with Crippen molar-refractivity contribution in [3.8, 4) is 0 Å². The molecule has 0 spiro atoms. The summed E-state index contributed by atoms with van der Waals surface area (Å²) in [6, 6.07) is 0. The fourth-order valence-electron chi connectivity index (χ4n) is 2.92. The summed E-state index contributed by atoms with van der Waals surface area (Å²) in [5.74, 6) is -0.0525. The van der Waals surface area contributed by atoms with Crippen LogP contribution in [0, 0.1) is 5.92 Å². The van der Waals surface area contributed by atoms with E-state index in [4.69, 9.17) is 9.47 Å². The van der Waals surface area contributed by atoms with E-state index in [1.54, 1.807) is 13.0 Å². The van der Waals surface area contributed by atoms with Gasteiger partial charge in [0.2, 0.25) is 0 Å². The van der Waals surface area contributed by atoms with Crippen molar-refractivity contribution in [2.75, 3.05) is 6.61 Å². The fraction of sp³-hybridized carbons (Fsp3) is 0.391. The molecule has 5 nitrogen and oxygen atoms in total. The number of hydrogen-bond donors (Lipinski definition) is 1. The monoisotopic (exact) mass is 384 g/mol. The van der Waals surface area contributed by atoms with E-state index in [0.717, 1.165) is 18.1 Å². The molecule has 0 bridgehead atoms. The predicted molar refractivity (Wildman–Crippen MR) is 108 cm³/mol. The van der Waals surface area contributed by atoms with E-state index in [2.05, 4.69) is 19.9 Å². The molecule has 2 rings (SSSR count). The number of aliphatic hydroxyl groups is 1. The van der Waals surface area contributed by atoms with Gasteiger partial charge in [-0.1, -0.05) is 38.0 Å². The zero-order chi connectivity index (χ0) is 20.9. The number of ether oxygens (including phenoxy) is 2. The number of allylic oxidation sites excluding steroid dienone is 6. The molecule has 0 fully saturated rings. The first-order valence-corrected chi connectivity index (χ1v) is 9.52. The third kappa shape index (κ3) is 4.98. The van der Waals surface area contributed by atoms with Crippen molar-refractivity contribution in [3.05, 3.63) is 70.8 Å². The Morgan fingerprint density at radius 1 is 1.36 bits per heavy atom. The van der Waals surface area contributed by atoms with E-state index in [1.807, 2.05) is 19.1 Å². The van der Waals surface area contributed by atoms with Crippen molar-refractivity contribution < 1.29 is 24.2 Å². The van der Waals surface area contributed by atoms with Crippen LogP contribution in [0.2, 0.25) is 0 Å². The van der Waals surface area contributed by atoms with Gasteiger partial charge < -0.3 is 14.6 Å². The van der Waals surface area contributed by atoms with Crippen molar-refractivity contribution in [2.24, 2.45) is 5.92 Å². The lowest BCUT2D eigenvalue weighted by molar-refractivity contribution is -0.137. The van der Waals surface area contributed by atoms with Gasteiger partial charge in [-0.3, -0.25) is 4.79 Å². The van der Waals surface area contributed by atoms with Gasteiger partial charge in [-0.05, 0) is 50.5 Å². The van der Waals surface area contributed by atoms with Gasteiger partial charge in [0.05, 0.1) is 12.9 Å². The summed E-state index contributed by atoms with van der Waals surface area (Å²) >= 11 is 0. The summed E-state index contributed by atoms with van der Waals surface area (Å²) in [6.45, 7) is 9.57. The lowest BCUT2D eigenvalue weighted by Crippen LogP contribution is -2.40. The minimum atomic E-state index is -1.82. The molecule has 2 aliphatic rings. The number of carbonyl (C=O) groups is 2. The first kappa shape index (κ1) is 21.6. The number of rotatable bonds is 6. The highest BCUT2D eigenvalue weighted by Crippen LogP contribution is 2.38. The Morgan fingerprint density at radius 3 is 2.71 bits per heavy atom. The Bertz CT molecular complexity index is 831. The second kappa shape index (κ2) is 9.02. The van der Waals surface area contributed by atoms with Crippen LogP contribution in [-0.2, 0) is 19.1 Å². The normalized spacial score (nSPS) is 24.9. The molecule has 28 heavy (non-hydrogen) atoms. The molecule has 1 heterocycles. The quantitative estimate of drug-likeness (QED) is 0.424. The predicted octanol–water partition coefficient (Wildman–Crippen LogP) is 4.08. The molecule has 1 aliphatic heterocycles. The van der Waals surface area contributed by atoms with Crippen molar-refractivity contribution in [2.45, 2.75) is 46.6 Å². The molecule has 2 atom stereocenters. The summed E-state index contributed by atoms with van der Waals surface area (Å²) in [5, 5.41) is 10.6. The topological polar surface area (TPSA) is 72.8 Å². The molecule has 0 radical (unpaired) electrons. The van der Waals surface area contributed by atoms with Crippen LogP contribution in [-0.4, -0.2) is 29.1 Å². The average Bonchev–Trinajstić information content (AvgIpc) is 2.64. The molecule has 0 saturated heterocycles. The highest BCUT2D eigenvalue weighted by molar-refractivity contribution is 6.05. The molecular weight excluding hydrogens is 356 g/mol. The second-order valence-corrected chi connectivity index (χ2v) is 7.17. The van der Waals surface area contributed by atoms with Crippen LogP contribution in [0.3, 0.4) is 0 Å². The molecule has 0 saturated carbocycles. The minimum absolute atomic E-state index is 0.167. The van der Waals surface area contributed by atoms with Gasteiger partial charge in [-0.15, -0.1) is 0 Å². The van der Waals surface area contributed by atoms with Gasteiger partial charge >= 0.3 is 5.97 Å². The Kier molecular flexibility index (Phi) is 6.97. The maximum atomic E-state index is 12.4. The van der Waals surface area contributed by atoms with Crippen LogP contribution >= 0.6 is 0 Å². The Morgan fingerprint density at radius 2 is 2.07 bits per heavy atom. The highest BCUT2D eigenvalue weighted by atomic mass is 16.5. The van der Waals surface area contributed by atoms with Crippen LogP contribution in [0.4, 0.5) is 0 Å². The van der Waals surface area contributed by atoms with Gasteiger partial charge in [-0.25, -0.2) is 4.79 Å². The average molecular weight is 384 g/mol. The lowest BCUT2D eigenvalue weighted by Gasteiger charge is -2.32. The molecule has 1 aliphatic carbocycles. The highest BCUT2D eigenvalue weighted by Gasteiger charge is 2.41. The Labute approximate surface area is 166 Å². The summed E-state index contributed by atoms with van der Waals surface area (Å²) < 4.78 is 10.6. The zero-order valence-electron chi connectivity index (χ0n) is 17.1. The van der Waals surface area contributed by atoms with Crippen LogP contribution in [0.15, 0.2) is 70.8 Å². The standard InChI is InChI=1S/C23H28O5/c1-6-15(3)10-16(4)8-9-18-11-17-12-21(24)23(5,26)20(19(17)14-28-18)13-22(25)27-7-2/h8-15,26H,6-7H2,1-5H3/t15-,23?/m0/s1. The molecule has 1 N–H and O–H groups in total. The summed E-state index contributed by atoms with van der Waals surface area (Å²) in [6.07, 6.45) is 12.7. The van der Waals surface area contributed by atoms with Crippen molar-refractivity contribution in [1.29, 1.82) is 0 Å². The van der Waals surface area contributed by atoms with Crippen molar-refractivity contribution >= 4 is 11.8 Å². The summed E-state index contributed by atoms with van der Waals surface area (Å²) in [5.41, 5.74) is 0.541. The lowest BCUT2D eigenvalue weighted by atomic mass is 9.77. The van der Waals surface area contributed by atoms with Crippen molar-refractivity contribution in [1.82, 2.24) is 0 Å². The van der Waals surface area contributed by atoms with Crippen LogP contribution in [0.25, 0.3) is 0 Å². The molecule has 0 aromatic rings. The zero-order valence-corrected chi connectivity index (χ0v) is 17.1. The maximum absolute atomic E-state index is 12.4. The molecule has 0 aromatic heterocycles. The SMILES string of the molecule is CCOC(=O)C=C1C2=COC(C=CC(C)=C[C@@H](C)CC)=CC2=CC(=O)C1(C)O. The van der Waals surface area contributed by atoms with E-state index in [0.29, 0.717) is 22.8 Å². The molecule has 150 valence electrons. The number of fused-ring (bicyclic) bond motifs is 1. The van der Waals surface area contributed by atoms with E-state index in [1.165, 1.54) is 19.3 Å². The summed E-state index contributed by atoms with van der Waals surface area (Å²) in [7, 11) is 0. The van der Waals surface area contributed by atoms with Crippen molar-refractivity contribution in [3.63, 3.8) is 0 Å². The summed E-state index contributed by atoms with van der Waals surface area (Å²) in [4.78, 5) is 24.3. The molecule has 5 heteroatoms. The van der Waals surface area contributed by atoms with E-state index in [9.17, 15) is 14.7 Å². The van der Waals surface area contributed by atoms with Crippen LogP contribution < -0.4 is 0 Å². The van der Waals surface area contributed by atoms with Crippen LogP contribution in [0.5, 0.6) is 0 Å². The minimum Gasteiger partial charge on any atom is -0.464 e. The van der Waals surface area contributed by atoms with E-state index < -0.39 is 17.4 Å². The Hall–Kier alpha value is -2.66. The Balaban J connectivity index is 2.33. The number of esters is 1. The molecule has 0 amide bonds. The fourth-order valence-corrected chi connectivity index (χ4v) is 2.92. The smallest absolute Gasteiger partial charge is 0.331 e. The van der Waals surface area contributed by atoms with E-state index in [-0.39, 0.29) is 12.2 Å². The molecular formula is C23H28O5. The third-order valence-electron chi connectivity index (χ3n) is 4.75. The van der Waals surface area contributed by atoms with Gasteiger partial charge in [0.25, 0.3) is 0 Å². The van der Waals surface area contributed by atoms with Gasteiger partial charge in [-0.2, -0.15) is 0 Å².